The van der Waals surface area contributed by atoms with E-state index in [1.165, 1.54) is 6.07 Å². The Morgan fingerprint density at radius 1 is 1.29 bits per heavy atom. The van der Waals surface area contributed by atoms with Gasteiger partial charge >= 0.3 is 5.97 Å². The number of carboxylic acid groups (broad SMARTS) is 1. The minimum Gasteiger partial charge on any atom is -0.478 e. The topological polar surface area (TPSA) is 86.0 Å². The molecule has 0 saturated heterocycles. The fourth-order valence-electron chi connectivity index (χ4n) is 2.28. The first-order valence-electron chi connectivity index (χ1n) is 6.68. The molecular weight excluding hydrogens is 288 g/mol. The number of aryl methyl sites for hydroxylation is 1. The first-order chi connectivity index (χ1) is 10.0. The number of benzene rings is 1. The average Bonchev–Trinajstić information content (AvgIpc) is 2.43. The number of rotatable bonds is 5. The van der Waals surface area contributed by atoms with Gasteiger partial charge in [-0.2, -0.15) is 0 Å². The molecule has 0 amide bonds. The van der Waals surface area contributed by atoms with Gasteiger partial charge in [0.25, 0.3) is 5.56 Å². The maximum Gasteiger partial charge on any atom is 0.335 e. The van der Waals surface area contributed by atoms with Gasteiger partial charge in [0.2, 0.25) is 0 Å². The van der Waals surface area contributed by atoms with Crippen LogP contribution in [0.4, 0.5) is 0 Å². The number of hydrogen-bond donors (Lipinski definition) is 3. The van der Waals surface area contributed by atoms with Crippen molar-refractivity contribution in [2.24, 2.45) is 0 Å². The van der Waals surface area contributed by atoms with Crippen molar-refractivity contribution < 1.29 is 9.90 Å². The third kappa shape index (κ3) is 3.46. The van der Waals surface area contributed by atoms with E-state index >= 15 is 0 Å². The molecule has 0 radical (unpaired) electrons. The zero-order valence-corrected chi connectivity index (χ0v) is 12.4. The maximum absolute atomic E-state index is 12.1. The number of aromatic nitrogens is 2. The Morgan fingerprint density at radius 3 is 2.67 bits per heavy atom. The number of carbonyl (C=O) groups is 1. The van der Waals surface area contributed by atoms with Crippen molar-refractivity contribution >= 4 is 18.2 Å². The minimum atomic E-state index is -0.997. The molecule has 0 aliphatic carbocycles. The van der Waals surface area contributed by atoms with Crippen LogP contribution >= 0.6 is 12.2 Å². The van der Waals surface area contributed by atoms with Crippen LogP contribution < -0.4 is 5.56 Å². The maximum atomic E-state index is 12.1. The van der Waals surface area contributed by atoms with Gasteiger partial charge in [-0.25, -0.2) is 4.79 Å². The Labute approximate surface area is 126 Å². The van der Waals surface area contributed by atoms with Crippen LogP contribution in [0, 0.1) is 4.77 Å². The fraction of sp³-hybridized carbons (Fsp3) is 0.267. The number of nitrogens with one attached hydrogen (secondary N) is 2. The van der Waals surface area contributed by atoms with Crippen LogP contribution in [0.15, 0.2) is 29.1 Å². The van der Waals surface area contributed by atoms with Crippen molar-refractivity contribution in [3.05, 3.63) is 61.8 Å². The van der Waals surface area contributed by atoms with Crippen LogP contribution in [0.25, 0.3) is 0 Å². The lowest BCUT2D eigenvalue weighted by atomic mass is 9.98. The van der Waals surface area contributed by atoms with Crippen molar-refractivity contribution in [1.82, 2.24) is 9.97 Å². The molecule has 0 unspecified atom stereocenters. The third-order valence-corrected chi connectivity index (χ3v) is 3.45. The molecule has 0 saturated carbocycles. The van der Waals surface area contributed by atoms with E-state index in [0.717, 1.165) is 12.1 Å². The molecule has 1 aromatic carbocycles. The van der Waals surface area contributed by atoms with Crippen LogP contribution in [0.5, 0.6) is 0 Å². The van der Waals surface area contributed by atoms with Gasteiger partial charge in [-0.15, -0.1) is 0 Å². The molecule has 0 aliphatic heterocycles. The molecular formula is C15H16N2O3S. The lowest BCUT2D eigenvalue weighted by Gasteiger charge is -2.10. The lowest BCUT2D eigenvalue weighted by Crippen LogP contribution is -2.19. The smallest absolute Gasteiger partial charge is 0.335 e. The van der Waals surface area contributed by atoms with Crippen LogP contribution in [0.2, 0.25) is 0 Å². The molecule has 0 aliphatic rings. The second-order valence-electron chi connectivity index (χ2n) is 4.75. The van der Waals surface area contributed by atoms with Gasteiger partial charge in [-0.05, 0) is 30.3 Å². The van der Waals surface area contributed by atoms with E-state index in [4.69, 9.17) is 12.2 Å². The van der Waals surface area contributed by atoms with Gasteiger partial charge in [-0.3, -0.25) is 9.78 Å². The van der Waals surface area contributed by atoms with E-state index in [2.05, 4.69) is 9.97 Å². The van der Waals surface area contributed by atoms with E-state index in [-0.39, 0.29) is 17.5 Å². The Kier molecular flexibility index (Phi) is 4.70. The summed E-state index contributed by atoms with van der Waals surface area (Å²) >= 11 is 4.99. The molecule has 2 rings (SSSR count). The summed E-state index contributed by atoms with van der Waals surface area (Å²) < 4.78 is 0.290. The summed E-state index contributed by atoms with van der Waals surface area (Å²) in [4.78, 5) is 28.9. The molecule has 2 aromatic rings. The highest BCUT2D eigenvalue weighted by molar-refractivity contribution is 7.71. The highest BCUT2D eigenvalue weighted by Gasteiger charge is 2.14. The summed E-state index contributed by atoms with van der Waals surface area (Å²) in [5, 5.41) is 9.22. The van der Waals surface area contributed by atoms with Crippen molar-refractivity contribution in [1.29, 1.82) is 0 Å². The Morgan fingerprint density at radius 2 is 2.00 bits per heavy atom. The molecule has 3 N–H and O–H groups in total. The van der Waals surface area contributed by atoms with Crippen molar-refractivity contribution in [3.8, 4) is 0 Å². The minimum absolute atomic E-state index is 0.210. The molecule has 0 atom stereocenters. The Balaban J connectivity index is 2.52. The number of H-pyrrole nitrogens is 2. The third-order valence-electron chi connectivity index (χ3n) is 3.24. The predicted molar refractivity (Wildman–Crippen MR) is 82.4 cm³/mol. The Bertz CT molecular complexity index is 777. The Hall–Kier alpha value is -2.21. The number of aromatic amines is 2. The molecule has 1 aromatic heterocycles. The number of aromatic carboxylic acids is 1. The first-order valence-corrected chi connectivity index (χ1v) is 7.09. The van der Waals surface area contributed by atoms with Crippen LogP contribution in [-0.2, 0) is 12.8 Å². The normalized spacial score (nSPS) is 10.5. The zero-order valence-electron chi connectivity index (χ0n) is 11.6. The second-order valence-corrected chi connectivity index (χ2v) is 5.16. The van der Waals surface area contributed by atoms with E-state index in [0.29, 0.717) is 22.3 Å². The van der Waals surface area contributed by atoms with E-state index < -0.39 is 5.97 Å². The molecule has 0 spiro atoms. The van der Waals surface area contributed by atoms with Crippen LogP contribution in [0.3, 0.4) is 0 Å². The number of hydrogen-bond acceptors (Lipinski definition) is 3. The van der Waals surface area contributed by atoms with Crippen molar-refractivity contribution in [3.63, 3.8) is 0 Å². The summed E-state index contributed by atoms with van der Waals surface area (Å²) in [6.45, 7) is 2.01. The molecule has 1 heterocycles. The van der Waals surface area contributed by atoms with Crippen molar-refractivity contribution in [2.45, 2.75) is 26.2 Å². The summed E-state index contributed by atoms with van der Waals surface area (Å²) in [5.74, 6) is -0.997. The molecule has 110 valence electrons. The largest absolute Gasteiger partial charge is 0.478 e. The SMILES string of the molecule is CCCc1[nH]c(=S)[nH]c(=O)c1Cc1ccccc1C(=O)O. The molecule has 0 bridgehead atoms. The van der Waals surface area contributed by atoms with Crippen molar-refractivity contribution in [2.75, 3.05) is 0 Å². The van der Waals surface area contributed by atoms with Gasteiger partial charge in [0.05, 0.1) is 5.56 Å². The quantitative estimate of drug-likeness (QED) is 0.741. The van der Waals surface area contributed by atoms with Gasteiger partial charge in [-0.1, -0.05) is 31.5 Å². The second kappa shape index (κ2) is 6.49. The van der Waals surface area contributed by atoms with Gasteiger partial charge in [0, 0.05) is 17.7 Å². The van der Waals surface area contributed by atoms with Gasteiger partial charge in [0.1, 0.15) is 0 Å². The molecule has 0 fully saturated rings. The highest BCUT2D eigenvalue weighted by atomic mass is 32.1. The summed E-state index contributed by atoms with van der Waals surface area (Å²) in [6.07, 6.45) is 1.82. The van der Waals surface area contributed by atoms with Crippen LogP contribution in [0.1, 0.15) is 40.5 Å². The van der Waals surface area contributed by atoms with Gasteiger partial charge in [0.15, 0.2) is 4.77 Å². The standard InChI is InChI=1S/C15H16N2O3S/c1-2-5-12-11(13(18)17-15(21)16-12)8-9-6-3-4-7-10(9)14(19)20/h3-4,6-7H,2,5,8H2,1H3,(H,19,20)(H2,16,17,18,21). The highest BCUT2D eigenvalue weighted by Crippen LogP contribution is 2.15. The molecule has 21 heavy (non-hydrogen) atoms. The summed E-state index contributed by atoms with van der Waals surface area (Å²) in [5.41, 5.74) is 1.87. The van der Waals surface area contributed by atoms with E-state index in [1.54, 1.807) is 18.2 Å². The van der Waals surface area contributed by atoms with Crippen LogP contribution in [-0.4, -0.2) is 21.0 Å². The molecule has 6 heteroatoms. The molecule has 5 nitrogen and oxygen atoms in total. The lowest BCUT2D eigenvalue weighted by molar-refractivity contribution is 0.0696. The average molecular weight is 304 g/mol. The zero-order chi connectivity index (χ0) is 15.4. The van der Waals surface area contributed by atoms with Gasteiger partial charge < -0.3 is 10.1 Å². The summed E-state index contributed by atoms with van der Waals surface area (Å²) in [6, 6.07) is 6.69. The summed E-state index contributed by atoms with van der Waals surface area (Å²) in [7, 11) is 0. The predicted octanol–water partition coefficient (Wildman–Crippen LogP) is 2.67. The number of carboxylic acids is 1. The van der Waals surface area contributed by atoms with E-state index in [1.807, 2.05) is 6.92 Å². The monoisotopic (exact) mass is 304 g/mol. The van der Waals surface area contributed by atoms with E-state index in [9.17, 15) is 14.7 Å². The fourth-order valence-corrected chi connectivity index (χ4v) is 2.50. The first kappa shape index (κ1) is 15.2.